The van der Waals surface area contributed by atoms with Crippen LogP contribution in [-0.2, 0) is 6.42 Å². The minimum atomic E-state index is 0.128. The highest BCUT2D eigenvalue weighted by molar-refractivity contribution is 8.22. The fourth-order valence-electron chi connectivity index (χ4n) is 2.27. The molecule has 10 heteroatoms. The number of hydrogen-bond acceptors (Lipinski definition) is 8. The summed E-state index contributed by atoms with van der Waals surface area (Å²) >= 11 is 12.8. The Labute approximate surface area is 188 Å². The average Bonchev–Trinajstić information content (AvgIpc) is 2.72. The van der Waals surface area contributed by atoms with Gasteiger partial charge >= 0.3 is 0 Å². The molecule has 0 unspecified atom stereocenters. The van der Waals surface area contributed by atoms with Crippen LogP contribution in [0.3, 0.4) is 0 Å². The number of benzene rings is 2. The van der Waals surface area contributed by atoms with Crippen molar-refractivity contribution in [2.75, 3.05) is 12.5 Å². The number of thioether (sulfide) groups is 2. The Balaban J connectivity index is 2.15. The van der Waals surface area contributed by atoms with Gasteiger partial charge in [-0.1, -0.05) is 60.1 Å². The van der Waals surface area contributed by atoms with E-state index in [2.05, 4.69) is 21.1 Å². The number of hydrazone groups is 2. The molecule has 6 nitrogen and oxygen atoms in total. The molecule has 0 aliphatic rings. The number of rotatable bonds is 6. The summed E-state index contributed by atoms with van der Waals surface area (Å²) < 4.78 is 1.09. The zero-order chi connectivity index (χ0) is 21.2. The zero-order valence-corrected chi connectivity index (χ0v) is 19.0. The van der Waals surface area contributed by atoms with E-state index in [1.165, 1.54) is 36.0 Å². The number of phenols is 2. The van der Waals surface area contributed by atoms with Gasteiger partial charge in [0.05, 0.1) is 12.4 Å². The molecule has 4 N–H and O–H groups in total. The van der Waals surface area contributed by atoms with Crippen molar-refractivity contribution in [2.45, 2.75) is 6.42 Å². The van der Waals surface area contributed by atoms with Gasteiger partial charge in [0.25, 0.3) is 0 Å². The van der Waals surface area contributed by atoms with E-state index in [-0.39, 0.29) is 11.5 Å². The van der Waals surface area contributed by atoms with Crippen LogP contribution >= 0.6 is 48.0 Å². The van der Waals surface area contributed by atoms with E-state index in [0.29, 0.717) is 26.2 Å². The van der Waals surface area contributed by atoms with Gasteiger partial charge in [-0.15, -0.1) is 0 Å². The minimum Gasteiger partial charge on any atom is -0.507 e. The third-order valence-corrected chi connectivity index (χ3v) is 5.79. The second kappa shape index (κ2) is 11.8. The van der Waals surface area contributed by atoms with Gasteiger partial charge in [0.1, 0.15) is 11.5 Å². The molecular formula is C19H20N4O2S4. The lowest BCUT2D eigenvalue weighted by Gasteiger charge is -2.07. The smallest absolute Gasteiger partial charge is 0.153 e. The molecule has 0 saturated heterocycles. The standard InChI is InChI=1S/C19H20N4O2S4/c1-28-18(26)22-20-10-14-8-12(3-5-16(14)24)7-13-4-6-17(25)15(9-13)11-21-23-19(27)29-2/h3-6,8-11,24-25H,7H2,1-2H3,(H,22,26)(H,23,27)/b20-10+,21-11+. The van der Waals surface area contributed by atoms with E-state index in [4.69, 9.17) is 24.4 Å². The topological polar surface area (TPSA) is 89.2 Å². The number of nitrogens with zero attached hydrogens (tertiary/aromatic N) is 2. The highest BCUT2D eigenvalue weighted by Gasteiger charge is 2.05. The summed E-state index contributed by atoms with van der Waals surface area (Å²) in [5.74, 6) is 0.257. The number of phenolic OH excluding ortho intramolecular Hbond substituents is 2. The first-order valence-electron chi connectivity index (χ1n) is 8.30. The molecule has 0 aliphatic heterocycles. The predicted octanol–water partition coefficient (Wildman–Crippen LogP) is 3.83. The van der Waals surface area contributed by atoms with Crippen LogP contribution in [0.5, 0.6) is 11.5 Å². The van der Waals surface area contributed by atoms with Crippen LogP contribution in [0.4, 0.5) is 0 Å². The lowest BCUT2D eigenvalue weighted by Crippen LogP contribution is -2.10. The van der Waals surface area contributed by atoms with Crippen LogP contribution in [0.25, 0.3) is 0 Å². The van der Waals surface area contributed by atoms with E-state index < -0.39 is 0 Å². The minimum absolute atomic E-state index is 0.128. The molecule has 2 aromatic carbocycles. The number of nitrogens with one attached hydrogen (secondary N) is 2. The summed E-state index contributed by atoms with van der Waals surface area (Å²) in [5.41, 5.74) is 8.55. The normalized spacial score (nSPS) is 11.1. The second-order valence-corrected chi connectivity index (χ2v) is 8.65. The third kappa shape index (κ3) is 7.65. The van der Waals surface area contributed by atoms with Gasteiger partial charge < -0.3 is 10.2 Å². The third-order valence-electron chi connectivity index (χ3n) is 3.68. The van der Waals surface area contributed by atoms with Gasteiger partial charge in [0, 0.05) is 11.1 Å². The molecule has 0 saturated carbocycles. The molecule has 0 fully saturated rings. The fourth-order valence-corrected chi connectivity index (χ4v) is 2.66. The van der Waals surface area contributed by atoms with Crippen molar-refractivity contribution in [3.8, 4) is 11.5 Å². The van der Waals surface area contributed by atoms with Crippen molar-refractivity contribution in [2.24, 2.45) is 10.2 Å². The molecule has 29 heavy (non-hydrogen) atoms. The van der Waals surface area contributed by atoms with Gasteiger partial charge in [-0.05, 0) is 54.3 Å². The average molecular weight is 465 g/mol. The quantitative estimate of drug-likeness (QED) is 0.291. The highest BCUT2D eigenvalue weighted by atomic mass is 32.2. The molecule has 0 heterocycles. The highest BCUT2D eigenvalue weighted by Crippen LogP contribution is 2.22. The van der Waals surface area contributed by atoms with Crippen molar-refractivity contribution in [1.29, 1.82) is 0 Å². The first-order valence-corrected chi connectivity index (χ1v) is 11.6. The molecule has 0 atom stereocenters. The summed E-state index contributed by atoms with van der Waals surface area (Å²) in [6, 6.07) is 10.6. The molecule has 0 amide bonds. The SMILES string of the molecule is CSC(=S)N/N=C/c1cc(Cc2ccc(O)c(/C=N/NC(=S)SC)c2)ccc1O. The largest absolute Gasteiger partial charge is 0.507 e. The van der Waals surface area contributed by atoms with Crippen molar-refractivity contribution < 1.29 is 10.2 Å². The fraction of sp³-hybridized carbons (Fsp3) is 0.158. The first kappa shape index (κ1) is 23.1. The Hall–Kier alpha value is -2.14. The van der Waals surface area contributed by atoms with Crippen LogP contribution in [0.15, 0.2) is 46.6 Å². The summed E-state index contributed by atoms with van der Waals surface area (Å²) in [6.45, 7) is 0. The predicted molar refractivity (Wildman–Crippen MR) is 133 cm³/mol. The summed E-state index contributed by atoms with van der Waals surface area (Å²) in [6.07, 6.45) is 7.36. The maximum absolute atomic E-state index is 10.0. The maximum atomic E-state index is 10.0. The molecule has 2 rings (SSSR count). The Morgan fingerprint density at radius 3 is 1.66 bits per heavy atom. The van der Waals surface area contributed by atoms with Gasteiger partial charge in [-0.2, -0.15) is 10.2 Å². The van der Waals surface area contributed by atoms with Gasteiger partial charge in [0.2, 0.25) is 0 Å². The van der Waals surface area contributed by atoms with Gasteiger partial charge in [0.15, 0.2) is 8.64 Å². The molecular weight excluding hydrogens is 445 g/mol. The molecule has 0 aliphatic carbocycles. The Kier molecular flexibility index (Phi) is 9.39. The van der Waals surface area contributed by atoms with Crippen LogP contribution in [0.1, 0.15) is 22.3 Å². The molecule has 0 bridgehead atoms. The molecule has 152 valence electrons. The number of thiocarbonyl (C=S) groups is 2. The monoisotopic (exact) mass is 464 g/mol. The van der Waals surface area contributed by atoms with E-state index in [1.54, 1.807) is 12.1 Å². The zero-order valence-electron chi connectivity index (χ0n) is 15.7. The summed E-state index contributed by atoms with van der Waals surface area (Å²) in [7, 11) is 0. The lowest BCUT2D eigenvalue weighted by molar-refractivity contribution is 0.474. The molecule has 2 aromatic rings. The van der Waals surface area contributed by atoms with Crippen molar-refractivity contribution in [1.82, 2.24) is 10.9 Å². The maximum Gasteiger partial charge on any atom is 0.153 e. The van der Waals surface area contributed by atoms with E-state index >= 15 is 0 Å². The van der Waals surface area contributed by atoms with E-state index in [9.17, 15) is 10.2 Å². The summed E-state index contributed by atoms with van der Waals surface area (Å²) in [5, 5.41) is 28.1. The van der Waals surface area contributed by atoms with Crippen molar-refractivity contribution >= 4 is 69.0 Å². The van der Waals surface area contributed by atoms with E-state index in [1.807, 2.05) is 36.8 Å². The van der Waals surface area contributed by atoms with Crippen LogP contribution < -0.4 is 10.9 Å². The summed E-state index contributed by atoms with van der Waals surface area (Å²) in [4.78, 5) is 0. The lowest BCUT2D eigenvalue weighted by atomic mass is 10.0. The van der Waals surface area contributed by atoms with Crippen LogP contribution in [0, 0.1) is 0 Å². The van der Waals surface area contributed by atoms with Gasteiger partial charge in [-0.3, -0.25) is 10.9 Å². The van der Waals surface area contributed by atoms with E-state index in [0.717, 1.165) is 11.1 Å². The Bertz CT molecular complexity index is 872. The van der Waals surface area contributed by atoms with Crippen LogP contribution in [-0.4, -0.2) is 43.8 Å². The first-order chi connectivity index (χ1) is 13.9. The van der Waals surface area contributed by atoms with Crippen molar-refractivity contribution in [3.63, 3.8) is 0 Å². The second-order valence-electron chi connectivity index (χ2n) is 5.69. The molecule has 0 aromatic heterocycles. The Morgan fingerprint density at radius 2 is 1.28 bits per heavy atom. The van der Waals surface area contributed by atoms with Crippen LogP contribution in [0.2, 0.25) is 0 Å². The number of hydrogen-bond donors (Lipinski definition) is 4. The molecule has 0 spiro atoms. The Morgan fingerprint density at radius 1 is 0.862 bits per heavy atom. The van der Waals surface area contributed by atoms with Gasteiger partial charge in [-0.25, -0.2) is 0 Å². The number of aromatic hydroxyl groups is 2. The molecule has 0 radical (unpaired) electrons. The van der Waals surface area contributed by atoms with Crippen molar-refractivity contribution in [3.05, 3.63) is 58.7 Å².